The highest BCUT2D eigenvalue weighted by Crippen LogP contribution is 2.27. The highest BCUT2D eigenvalue weighted by Gasteiger charge is 2.34. The van der Waals surface area contributed by atoms with E-state index in [0.29, 0.717) is 18.7 Å². The number of nitrogens with one attached hydrogen (secondary N) is 1. The summed E-state index contributed by atoms with van der Waals surface area (Å²) in [4.78, 5) is 4.09. The predicted octanol–water partition coefficient (Wildman–Crippen LogP) is -0.614. The molecule has 1 aliphatic heterocycles. The molecule has 0 amide bonds. The highest BCUT2D eigenvalue weighted by atomic mass is 16.3. The summed E-state index contributed by atoms with van der Waals surface area (Å²) in [5.41, 5.74) is -0.781. The van der Waals surface area contributed by atoms with Gasteiger partial charge in [-0.2, -0.15) is 5.10 Å². The van der Waals surface area contributed by atoms with Crippen LogP contribution in [0.4, 0.5) is 0 Å². The Bertz CT molecular complexity index is 290. The van der Waals surface area contributed by atoms with Gasteiger partial charge in [0, 0.05) is 7.05 Å². The standard InChI is InChI=1S/C8H14N4O/c1-12-7(10-6-11-12)8(13)2-4-9-5-3-8/h6,9,13H,2-5H2,1H3. The lowest BCUT2D eigenvalue weighted by molar-refractivity contribution is -0.00562. The quantitative estimate of drug-likeness (QED) is 0.608. The van der Waals surface area contributed by atoms with Gasteiger partial charge in [0.05, 0.1) is 0 Å². The molecule has 0 aromatic carbocycles. The minimum absolute atomic E-state index is 0.675. The average molecular weight is 182 g/mol. The Labute approximate surface area is 76.8 Å². The minimum Gasteiger partial charge on any atom is -0.382 e. The SMILES string of the molecule is Cn1ncnc1C1(O)CCNCC1. The van der Waals surface area contributed by atoms with Crippen LogP contribution in [0.2, 0.25) is 0 Å². The molecule has 72 valence electrons. The molecule has 1 aromatic rings. The first-order chi connectivity index (χ1) is 6.22. The lowest BCUT2D eigenvalue weighted by Gasteiger charge is -2.31. The molecule has 5 heteroatoms. The first kappa shape index (κ1) is 8.65. The van der Waals surface area contributed by atoms with E-state index in [4.69, 9.17) is 0 Å². The number of piperidine rings is 1. The van der Waals surface area contributed by atoms with Crippen LogP contribution in [0.5, 0.6) is 0 Å². The average Bonchev–Trinajstić information content (AvgIpc) is 2.53. The van der Waals surface area contributed by atoms with Gasteiger partial charge in [0.25, 0.3) is 0 Å². The Morgan fingerprint density at radius 2 is 2.23 bits per heavy atom. The second-order valence-electron chi connectivity index (χ2n) is 3.49. The fourth-order valence-electron chi connectivity index (χ4n) is 1.78. The topological polar surface area (TPSA) is 63.0 Å². The van der Waals surface area contributed by atoms with E-state index in [2.05, 4.69) is 15.4 Å². The molecule has 0 spiro atoms. The van der Waals surface area contributed by atoms with E-state index in [1.54, 1.807) is 4.68 Å². The van der Waals surface area contributed by atoms with Crippen LogP contribution in [0.3, 0.4) is 0 Å². The van der Waals surface area contributed by atoms with Crippen molar-refractivity contribution >= 4 is 0 Å². The molecule has 1 aliphatic rings. The molecule has 1 saturated heterocycles. The monoisotopic (exact) mass is 182 g/mol. The molecule has 0 atom stereocenters. The fourth-order valence-corrected chi connectivity index (χ4v) is 1.78. The Balaban J connectivity index is 2.27. The van der Waals surface area contributed by atoms with Crippen molar-refractivity contribution in [3.8, 4) is 0 Å². The van der Waals surface area contributed by atoms with E-state index in [1.807, 2.05) is 7.05 Å². The number of aromatic nitrogens is 3. The third kappa shape index (κ3) is 1.45. The van der Waals surface area contributed by atoms with E-state index >= 15 is 0 Å². The van der Waals surface area contributed by atoms with Crippen molar-refractivity contribution in [3.63, 3.8) is 0 Å². The Hall–Kier alpha value is -0.940. The molecule has 5 nitrogen and oxygen atoms in total. The third-order valence-corrected chi connectivity index (χ3v) is 2.56. The van der Waals surface area contributed by atoms with E-state index in [1.165, 1.54) is 6.33 Å². The number of hydrogen-bond acceptors (Lipinski definition) is 4. The summed E-state index contributed by atoms with van der Waals surface area (Å²) >= 11 is 0. The summed E-state index contributed by atoms with van der Waals surface area (Å²) in [6.07, 6.45) is 2.90. The molecule has 1 aromatic heterocycles. The van der Waals surface area contributed by atoms with Gasteiger partial charge in [-0.25, -0.2) is 4.98 Å². The zero-order valence-electron chi connectivity index (χ0n) is 7.69. The maximum atomic E-state index is 10.2. The molecule has 0 bridgehead atoms. The smallest absolute Gasteiger partial charge is 0.158 e. The Morgan fingerprint density at radius 3 is 2.77 bits per heavy atom. The van der Waals surface area contributed by atoms with Crippen LogP contribution in [0.25, 0.3) is 0 Å². The van der Waals surface area contributed by atoms with Gasteiger partial charge in [-0.3, -0.25) is 4.68 Å². The molecule has 2 N–H and O–H groups in total. The minimum atomic E-state index is -0.781. The van der Waals surface area contributed by atoms with Crippen molar-refractivity contribution in [1.29, 1.82) is 0 Å². The van der Waals surface area contributed by atoms with Gasteiger partial charge in [0.15, 0.2) is 5.82 Å². The van der Waals surface area contributed by atoms with E-state index in [9.17, 15) is 5.11 Å². The first-order valence-electron chi connectivity index (χ1n) is 4.50. The zero-order valence-corrected chi connectivity index (χ0v) is 7.69. The van der Waals surface area contributed by atoms with Crippen molar-refractivity contribution in [2.45, 2.75) is 18.4 Å². The molecule has 0 aliphatic carbocycles. The van der Waals surface area contributed by atoms with Crippen LogP contribution in [0.15, 0.2) is 6.33 Å². The zero-order chi connectivity index (χ0) is 9.31. The maximum absolute atomic E-state index is 10.2. The van der Waals surface area contributed by atoms with Crippen molar-refractivity contribution in [2.75, 3.05) is 13.1 Å². The van der Waals surface area contributed by atoms with Crippen LogP contribution >= 0.6 is 0 Å². The molecule has 1 fully saturated rings. The fraction of sp³-hybridized carbons (Fsp3) is 0.750. The molecule has 0 saturated carbocycles. The Morgan fingerprint density at radius 1 is 1.54 bits per heavy atom. The first-order valence-corrected chi connectivity index (χ1v) is 4.50. The molecule has 0 radical (unpaired) electrons. The summed E-state index contributed by atoms with van der Waals surface area (Å²) in [5, 5.41) is 17.4. The number of rotatable bonds is 1. The van der Waals surface area contributed by atoms with Gasteiger partial charge in [-0.05, 0) is 25.9 Å². The lowest BCUT2D eigenvalue weighted by atomic mass is 9.92. The second kappa shape index (κ2) is 3.08. The molecular weight excluding hydrogens is 168 g/mol. The van der Waals surface area contributed by atoms with Crippen LogP contribution in [-0.2, 0) is 12.6 Å². The van der Waals surface area contributed by atoms with E-state index < -0.39 is 5.60 Å². The summed E-state index contributed by atoms with van der Waals surface area (Å²) in [5.74, 6) is 0.675. The van der Waals surface area contributed by atoms with Crippen LogP contribution in [-0.4, -0.2) is 33.0 Å². The third-order valence-electron chi connectivity index (χ3n) is 2.56. The van der Waals surface area contributed by atoms with Gasteiger partial charge in [0.2, 0.25) is 0 Å². The molecule has 2 heterocycles. The van der Waals surface area contributed by atoms with Crippen molar-refractivity contribution in [1.82, 2.24) is 20.1 Å². The summed E-state index contributed by atoms with van der Waals surface area (Å²) in [6.45, 7) is 1.67. The van der Waals surface area contributed by atoms with Crippen LogP contribution in [0, 0.1) is 0 Å². The lowest BCUT2D eigenvalue weighted by Crippen LogP contribution is -2.41. The second-order valence-corrected chi connectivity index (χ2v) is 3.49. The number of aryl methyl sites for hydroxylation is 1. The van der Waals surface area contributed by atoms with Crippen molar-refractivity contribution in [2.24, 2.45) is 7.05 Å². The van der Waals surface area contributed by atoms with Crippen molar-refractivity contribution in [3.05, 3.63) is 12.2 Å². The maximum Gasteiger partial charge on any atom is 0.158 e. The van der Waals surface area contributed by atoms with Gasteiger partial charge < -0.3 is 10.4 Å². The highest BCUT2D eigenvalue weighted by molar-refractivity contribution is 5.02. The summed E-state index contributed by atoms with van der Waals surface area (Å²) in [6, 6.07) is 0. The summed E-state index contributed by atoms with van der Waals surface area (Å²) in [7, 11) is 1.81. The van der Waals surface area contributed by atoms with E-state index in [0.717, 1.165) is 13.1 Å². The molecule has 13 heavy (non-hydrogen) atoms. The normalized spacial score (nSPS) is 21.7. The number of hydrogen-bond donors (Lipinski definition) is 2. The van der Waals surface area contributed by atoms with Crippen LogP contribution < -0.4 is 5.32 Å². The Kier molecular flexibility index (Phi) is 2.05. The molecular formula is C8H14N4O. The van der Waals surface area contributed by atoms with Gasteiger partial charge >= 0.3 is 0 Å². The largest absolute Gasteiger partial charge is 0.382 e. The predicted molar refractivity (Wildman–Crippen MR) is 47.0 cm³/mol. The molecule has 2 rings (SSSR count). The summed E-state index contributed by atoms with van der Waals surface area (Å²) < 4.78 is 1.64. The van der Waals surface area contributed by atoms with E-state index in [-0.39, 0.29) is 0 Å². The van der Waals surface area contributed by atoms with Gasteiger partial charge in [-0.15, -0.1) is 0 Å². The number of aliphatic hydroxyl groups is 1. The van der Waals surface area contributed by atoms with Crippen molar-refractivity contribution < 1.29 is 5.11 Å². The number of nitrogens with zero attached hydrogens (tertiary/aromatic N) is 3. The van der Waals surface area contributed by atoms with Gasteiger partial charge in [0.1, 0.15) is 11.9 Å². The van der Waals surface area contributed by atoms with Crippen LogP contribution in [0.1, 0.15) is 18.7 Å². The molecule has 0 unspecified atom stereocenters. The van der Waals surface area contributed by atoms with Gasteiger partial charge in [-0.1, -0.05) is 0 Å².